The molecule has 1 rings (SSSR count). The molecule has 6 N–H and O–H groups in total. The third-order valence-corrected chi connectivity index (χ3v) is 5.34. The molecule has 6 nitrogen and oxygen atoms in total. The smallest absolute Gasteiger partial charge is 0.135 e. The van der Waals surface area contributed by atoms with Crippen LogP contribution in [0.25, 0.3) is 0 Å². The number of hydrogen-bond donors (Lipinski definition) is 4. The van der Waals surface area contributed by atoms with Crippen LogP contribution in [0.1, 0.15) is 39.5 Å². The summed E-state index contributed by atoms with van der Waals surface area (Å²) in [5, 5.41) is 12.6. The van der Waals surface area contributed by atoms with Gasteiger partial charge in [0.1, 0.15) is 12.4 Å². The molecule has 0 aromatic heterocycles. The Morgan fingerprint density at radius 2 is 1.94 bits per heavy atom. The van der Waals surface area contributed by atoms with Gasteiger partial charge in [-0.3, -0.25) is 4.90 Å². The first-order valence-corrected chi connectivity index (χ1v) is 11.9. The van der Waals surface area contributed by atoms with E-state index in [2.05, 4.69) is 52.8 Å². The molecule has 0 aromatic rings. The second-order valence-electron chi connectivity index (χ2n) is 7.57. The summed E-state index contributed by atoms with van der Waals surface area (Å²) in [6.45, 7) is 8.41. The number of allylic oxidation sites excluding steroid dienone is 6. The Labute approximate surface area is 203 Å². The molecule has 0 atom stereocenters. The fraction of sp³-hybridized carbons (Fsp3) is 0.520. The van der Waals surface area contributed by atoms with Crippen molar-refractivity contribution in [2.45, 2.75) is 39.5 Å². The average molecular weight is 510 g/mol. The van der Waals surface area contributed by atoms with E-state index in [-0.39, 0.29) is 6.61 Å². The number of rotatable bonds is 16. The van der Waals surface area contributed by atoms with Gasteiger partial charge in [-0.25, -0.2) is 0 Å². The Morgan fingerprint density at radius 3 is 2.50 bits per heavy atom. The van der Waals surface area contributed by atoms with Crippen molar-refractivity contribution in [3.05, 3.63) is 58.2 Å². The maximum atomic E-state index is 9.16. The van der Waals surface area contributed by atoms with Gasteiger partial charge >= 0.3 is 0 Å². The van der Waals surface area contributed by atoms with Crippen molar-refractivity contribution in [1.29, 1.82) is 0 Å². The number of terminal acetylenes is 1. The Kier molecular flexibility index (Phi) is 18.2. The number of halogens is 1. The Hall–Kier alpha value is -2.14. The lowest BCUT2D eigenvalue weighted by atomic mass is 10.2. The highest BCUT2D eigenvalue weighted by Crippen LogP contribution is 2.27. The van der Waals surface area contributed by atoms with E-state index in [9.17, 15) is 0 Å². The Morgan fingerprint density at radius 1 is 1.22 bits per heavy atom. The second kappa shape index (κ2) is 19.5. The summed E-state index contributed by atoms with van der Waals surface area (Å²) in [6, 6.07) is 0. The van der Waals surface area contributed by atoms with Crippen molar-refractivity contribution >= 4 is 15.9 Å². The zero-order valence-corrected chi connectivity index (χ0v) is 21.2. The molecule has 0 saturated heterocycles. The molecule has 0 amide bonds. The number of nitrogens with zero attached hydrogens (tertiary/aromatic N) is 1. The first-order valence-electron chi connectivity index (χ1n) is 11.1. The van der Waals surface area contributed by atoms with Crippen LogP contribution in [0.3, 0.4) is 0 Å². The topological polar surface area (TPSA) is 96.8 Å². The molecular formula is C25H41BrN4O2. The number of hydrogen-bond acceptors (Lipinski definition) is 6. The molecule has 1 fully saturated rings. The zero-order chi connectivity index (χ0) is 24.2. The van der Waals surface area contributed by atoms with E-state index in [4.69, 9.17) is 21.3 Å². The van der Waals surface area contributed by atoms with Crippen LogP contribution >= 0.6 is 15.9 Å². The molecule has 0 bridgehead atoms. The van der Waals surface area contributed by atoms with Gasteiger partial charge in [0.2, 0.25) is 0 Å². The predicted molar refractivity (Wildman–Crippen MR) is 139 cm³/mol. The number of ether oxygens (including phenoxy) is 1. The summed E-state index contributed by atoms with van der Waals surface area (Å²) in [4.78, 5) is 2.32. The zero-order valence-electron chi connectivity index (χ0n) is 19.6. The highest BCUT2D eigenvalue weighted by molar-refractivity contribution is 9.11. The number of nitrogens with two attached hydrogens (primary N) is 2. The van der Waals surface area contributed by atoms with Crippen molar-refractivity contribution in [2.75, 3.05) is 39.4 Å². The van der Waals surface area contributed by atoms with Crippen LogP contribution in [-0.4, -0.2) is 49.4 Å². The molecule has 32 heavy (non-hydrogen) atoms. The second-order valence-corrected chi connectivity index (χ2v) is 8.43. The Bertz CT molecular complexity index is 677. The van der Waals surface area contributed by atoms with Crippen LogP contribution in [0.4, 0.5) is 0 Å². The van der Waals surface area contributed by atoms with E-state index in [1.807, 2.05) is 24.3 Å². The molecule has 0 aromatic carbocycles. The molecule has 0 radical (unpaired) electrons. The van der Waals surface area contributed by atoms with Crippen LogP contribution in [0.2, 0.25) is 0 Å². The van der Waals surface area contributed by atoms with Crippen LogP contribution in [0, 0.1) is 18.8 Å². The van der Waals surface area contributed by atoms with E-state index < -0.39 is 0 Å². The van der Waals surface area contributed by atoms with Gasteiger partial charge in [-0.05, 0) is 91.0 Å². The minimum atomic E-state index is 0.195. The number of aliphatic hydroxyl groups excluding tert-OH is 1. The van der Waals surface area contributed by atoms with Gasteiger partial charge in [0.25, 0.3) is 0 Å². The quantitative estimate of drug-likeness (QED) is 0.144. The van der Waals surface area contributed by atoms with Crippen molar-refractivity contribution in [3.8, 4) is 12.8 Å². The molecule has 180 valence electrons. The molecule has 0 unspecified atom stereocenters. The van der Waals surface area contributed by atoms with E-state index in [0.717, 1.165) is 56.2 Å². The molecule has 0 spiro atoms. The lowest BCUT2D eigenvalue weighted by Crippen LogP contribution is -2.29. The minimum absolute atomic E-state index is 0.195. The van der Waals surface area contributed by atoms with Gasteiger partial charge in [-0.15, -0.1) is 12.8 Å². The van der Waals surface area contributed by atoms with E-state index in [1.165, 1.54) is 25.2 Å². The van der Waals surface area contributed by atoms with Crippen LogP contribution < -0.4 is 16.8 Å². The first-order chi connectivity index (χ1) is 15.5. The molecule has 1 aliphatic carbocycles. The molecular weight excluding hydrogens is 468 g/mol. The third kappa shape index (κ3) is 14.8. The normalized spacial score (nSPS) is 15.6. The lowest BCUT2D eigenvalue weighted by Gasteiger charge is -2.23. The van der Waals surface area contributed by atoms with Crippen molar-refractivity contribution < 1.29 is 9.84 Å². The predicted octanol–water partition coefficient (Wildman–Crippen LogP) is 3.73. The molecule has 0 aliphatic heterocycles. The Balaban J connectivity index is 0.00000466. The molecule has 1 saturated carbocycles. The van der Waals surface area contributed by atoms with Gasteiger partial charge in [0.15, 0.2) is 0 Å². The van der Waals surface area contributed by atoms with Crippen molar-refractivity contribution in [3.63, 3.8) is 0 Å². The van der Waals surface area contributed by atoms with E-state index in [1.54, 1.807) is 0 Å². The summed E-state index contributed by atoms with van der Waals surface area (Å²) < 4.78 is 6.80. The van der Waals surface area contributed by atoms with Gasteiger partial charge in [0, 0.05) is 38.1 Å². The number of aliphatic hydroxyl groups is 1. The van der Waals surface area contributed by atoms with Gasteiger partial charge in [-0.1, -0.05) is 13.0 Å². The van der Waals surface area contributed by atoms with Gasteiger partial charge in [-0.2, -0.15) is 0 Å². The fourth-order valence-corrected chi connectivity index (χ4v) is 3.09. The summed E-state index contributed by atoms with van der Waals surface area (Å²) in [5.41, 5.74) is 13.4. The fourth-order valence-electron chi connectivity index (χ4n) is 2.84. The van der Waals surface area contributed by atoms with E-state index >= 15 is 0 Å². The third-order valence-electron chi connectivity index (χ3n) is 4.69. The SMILES string of the molecule is C#C.CCCN(CCCO)C/C(=C/C=C\N)COC(=C/C=C(\C)NCC1CC1)/C(Br)=C/N. The van der Waals surface area contributed by atoms with Crippen LogP contribution in [0.15, 0.2) is 58.2 Å². The monoisotopic (exact) mass is 508 g/mol. The maximum Gasteiger partial charge on any atom is 0.135 e. The van der Waals surface area contributed by atoms with Crippen LogP contribution in [0.5, 0.6) is 0 Å². The first kappa shape index (κ1) is 29.9. The molecule has 7 heteroatoms. The van der Waals surface area contributed by atoms with Crippen molar-refractivity contribution in [1.82, 2.24) is 10.2 Å². The standard InChI is InChI=1S/C23H39BrN4O2.C2H2/c1-3-12-28(13-5-14-29)17-21(6-4-11-25)18-30-23(22(24)15-26)10-7-19(2)27-16-20-8-9-20;1-2/h4,6-7,10-11,15,20,27,29H,3,5,8-9,12-14,16-18,25-26H2,1-2H3;1-2H/b11-4-,19-7+,21-6-,22-15-,23-10+;. The van der Waals surface area contributed by atoms with Crippen molar-refractivity contribution in [2.24, 2.45) is 17.4 Å². The lowest BCUT2D eigenvalue weighted by molar-refractivity contribution is 0.213. The largest absolute Gasteiger partial charge is 0.488 e. The highest BCUT2D eigenvalue weighted by Gasteiger charge is 2.20. The van der Waals surface area contributed by atoms with Gasteiger partial charge < -0.3 is 26.6 Å². The van der Waals surface area contributed by atoms with E-state index in [0.29, 0.717) is 16.8 Å². The maximum absolute atomic E-state index is 9.16. The van der Waals surface area contributed by atoms with Crippen LogP contribution in [-0.2, 0) is 4.74 Å². The number of nitrogens with one attached hydrogen (secondary N) is 1. The minimum Gasteiger partial charge on any atom is -0.488 e. The van der Waals surface area contributed by atoms with Gasteiger partial charge in [0.05, 0.1) is 4.48 Å². The summed E-state index contributed by atoms with van der Waals surface area (Å²) in [7, 11) is 0. The molecule has 1 aliphatic rings. The average Bonchev–Trinajstić information content (AvgIpc) is 3.64. The summed E-state index contributed by atoms with van der Waals surface area (Å²) in [6.07, 6.45) is 23.2. The summed E-state index contributed by atoms with van der Waals surface area (Å²) >= 11 is 3.48. The summed E-state index contributed by atoms with van der Waals surface area (Å²) in [5.74, 6) is 1.49. The highest BCUT2D eigenvalue weighted by atomic mass is 79.9. The molecule has 0 heterocycles.